The zero-order valence-corrected chi connectivity index (χ0v) is 18.3. The van der Waals surface area contributed by atoms with Crippen LogP contribution in [0.3, 0.4) is 0 Å². The predicted molar refractivity (Wildman–Crippen MR) is 124 cm³/mol. The lowest BCUT2D eigenvalue weighted by Crippen LogP contribution is -2.47. The maximum absolute atomic E-state index is 11.2. The van der Waals surface area contributed by atoms with E-state index in [1.54, 1.807) is 0 Å². The number of benzene rings is 2. The molecule has 0 saturated carbocycles. The zero-order chi connectivity index (χ0) is 21.9. The van der Waals surface area contributed by atoms with Crippen LogP contribution in [0, 0.1) is 0 Å². The summed E-state index contributed by atoms with van der Waals surface area (Å²) in [6, 6.07) is 17.4. The van der Waals surface area contributed by atoms with Gasteiger partial charge in [-0.15, -0.1) is 0 Å². The molecule has 0 aromatic heterocycles. The molecule has 1 amide bonds. The fourth-order valence-electron chi connectivity index (χ4n) is 3.48. The molecular formula is C24H32N4O3. The van der Waals surface area contributed by atoms with Crippen LogP contribution < -0.4 is 20.1 Å². The molecule has 1 aliphatic rings. The molecule has 2 aromatic carbocycles. The second-order valence-corrected chi connectivity index (χ2v) is 7.41. The molecule has 3 rings (SSSR count). The largest absolute Gasteiger partial charge is 0.492 e. The SMILES string of the molecule is CCNC(=NCCOc1cccc(NC(C)=O)c1)N1CCC(Oc2ccccc2)CC1. The van der Waals surface area contributed by atoms with Crippen LogP contribution in [0.4, 0.5) is 5.69 Å². The first-order chi connectivity index (χ1) is 15.1. The maximum atomic E-state index is 11.2. The van der Waals surface area contributed by atoms with E-state index in [2.05, 4.69) is 22.5 Å². The number of ether oxygens (including phenoxy) is 2. The number of guanidine groups is 1. The number of hydrogen-bond donors (Lipinski definition) is 2. The Hall–Kier alpha value is -3.22. The molecule has 0 atom stereocenters. The lowest BCUT2D eigenvalue weighted by molar-refractivity contribution is -0.114. The van der Waals surface area contributed by atoms with Crippen molar-refractivity contribution < 1.29 is 14.3 Å². The molecule has 0 aliphatic carbocycles. The highest BCUT2D eigenvalue weighted by molar-refractivity contribution is 5.88. The molecule has 166 valence electrons. The van der Waals surface area contributed by atoms with Gasteiger partial charge in [0.25, 0.3) is 0 Å². The Morgan fingerprint density at radius 3 is 2.55 bits per heavy atom. The van der Waals surface area contributed by atoms with Crippen LogP contribution >= 0.6 is 0 Å². The lowest BCUT2D eigenvalue weighted by Gasteiger charge is -2.34. The fourth-order valence-corrected chi connectivity index (χ4v) is 3.48. The number of nitrogens with one attached hydrogen (secondary N) is 2. The molecule has 7 nitrogen and oxygen atoms in total. The second-order valence-electron chi connectivity index (χ2n) is 7.41. The van der Waals surface area contributed by atoms with Gasteiger partial charge >= 0.3 is 0 Å². The van der Waals surface area contributed by atoms with Gasteiger partial charge in [-0.05, 0) is 31.2 Å². The minimum Gasteiger partial charge on any atom is -0.492 e. The number of hydrogen-bond acceptors (Lipinski definition) is 4. The van der Waals surface area contributed by atoms with Gasteiger partial charge in [0, 0.05) is 51.2 Å². The van der Waals surface area contributed by atoms with Crippen LogP contribution in [-0.4, -0.2) is 55.7 Å². The molecule has 31 heavy (non-hydrogen) atoms. The smallest absolute Gasteiger partial charge is 0.221 e. The van der Waals surface area contributed by atoms with Gasteiger partial charge in [0.05, 0.1) is 6.54 Å². The van der Waals surface area contributed by atoms with Crippen LogP contribution in [0.5, 0.6) is 11.5 Å². The van der Waals surface area contributed by atoms with E-state index >= 15 is 0 Å². The first-order valence-corrected chi connectivity index (χ1v) is 10.9. The summed E-state index contributed by atoms with van der Waals surface area (Å²) < 4.78 is 11.9. The fraction of sp³-hybridized carbons (Fsp3) is 0.417. The summed E-state index contributed by atoms with van der Waals surface area (Å²) >= 11 is 0. The summed E-state index contributed by atoms with van der Waals surface area (Å²) in [7, 11) is 0. The quantitative estimate of drug-likeness (QED) is 0.385. The standard InChI is InChI=1S/C24H32N4O3/c1-3-25-24(26-14-17-30-23-11-7-8-20(18-23)27-19(2)29)28-15-12-22(13-16-28)31-21-9-5-4-6-10-21/h4-11,18,22H,3,12-17H2,1-2H3,(H,25,26)(H,27,29). The Bertz CT molecular complexity index is 849. The molecule has 2 N–H and O–H groups in total. The lowest BCUT2D eigenvalue weighted by atomic mass is 10.1. The Morgan fingerprint density at radius 2 is 1.84 bits per heavy atom. The van der Waals surface area contributed by atoms with Crippen LogP contribution in [0.1, 0.15) is 26.7 Å². The molecule has 2 aromatic rings. The molecule has 7 heteroatoms. The second kappa shape index (κ2) is 11.8. The predicted octanol–water partition coefficient (Wildman–Crippen LogP) is 3.53. The topological polar surface area (TPSA) is 75.2 Å². The van der Waals surface area contributed by atoms with Crippen LogP contribution in [0.2, 0.25) is 0 Å². The zero-order valence-electron chi connectivity index (χ0n) is 18.3. The third-order valence-electron chi connectivity index (χ3n) is 4.90. The van der Waals surface area contributed by atoms with Gasteiger partial charge in [-0.25, -0.2) is 4.99 Å². The van der Waals surface area contributed by atoms with E-state index in [1.807, 2.05) is 54.6 Å². The molecule has 0 spiro atoms. The Labute approximate surface area is 184 Å². The summed E-state index contributed by atoms with van der Waals surface area (Å²) in [6.07, 6.45) is 2.16. The van der Waals surface area contributed by atoms with Gasteiger partial charge in [0.1, 0.15) is 24.2 Å². The minimum atomic E-state index is -0.102. The van der Waals surface area contributed by atoms with E-state index in [0.29, 0.717) is 18.9 Å². The van der Waals surface area contributed by atoms with Crippen molar-refractivity contribution in [1.29, 1.82) is 0 Å². The van der Waals surface area contributed by atoms with Crippen molar-refractivity contribution in [1.82, 2.24) is 10.2 Å². The average Bonchev–Trinajstić information content (AvgIpc) is 2.77. The number of carbonyl (C=O) groups excluding carboxylic acids is 1. The van der Waals surface area contributed by atoms with Crippen molar-refractivity contribution >= 4 is 17.6 Å². The van der Waals surface area contributed by atoms with Gasteiger partial charge in [-0.3, -0.25) is 4.79 Å². The number of carbonyl (C=O) groups is 1. The van der Waals surface area contributed by atoms with Crippen LogP contribution in [-0.2, 0) is 4.79 Å². The molecule has 1 saturated heterocycles. The number of nitrogens with zero attached hydrogens (tertiary/aromatic N) is 2. The number of para-hydroxylation sites is 1. The van der Waals surface area contributed by atoms with Gasteiger partial charge < -0.3 is 25.0 Å². The van der Waals surface area contributed by atoms with E-state index in [9.17, 15) is 4.79 Å². The highest BCUT2D eigenvalue weighted by Crippen LogP contribution is 2.19. The number of likely N-dealkylation sites (tertiary alicyclic amines) is 1. The van der Waals surface area contributed by atoms with Crippen molar-refractivity contribution in [2.24, 2.45) is 4.99 Å². The molecular weight excluding hydrogens is 392 g/mol. The summed E-state index contributed by atoms with van der Waals surface area (Å²) in [5.74, 6) is 2.46. The summed E-state index contributed by atoms with van der Waals surface area (Å²) in [6.45, 7) is 7.20. The molecule has 0 radical (unpaired) electrons. The van der Waals surface area contributed by atoms with Gasteiger partial charge in [0.2, 0.25) is 5.91 Å². The molecule has 0 unspecified atom stereocenters. The van der Waals surface area contributed by atoms with Crippen molar-refractivity contribution in [3.05, 3.63) is 54.6 Å². The highest BCUT2D eigenvalue weighted by atomic mass is 16.5. The Kier molecular flexibility index (Phi) is 8.58. The van der Waals surface area contributed by atoms with Crippen molar-refractivity contribution in [2.75, 3.05) is 38.1 Å². The van der Waals surface area contributed by atoms with Crippen LogP contribution in [0.25, 0.3) is 0 Å². The normalized spacial score (nSPS) is 14.8. The van der Waals surface area contributed by atoms with E-state index in [0.717, 1.165) is 49.9 Å². The van der Waals surface area contributed by atoms with Gasteiger partial charge in [-0.1, -0.05) is 24.3 Å². The van der Waals surface area contributed by atoms with Gasteiger partial charge in [0.15, 0.2) is 5.96 Å². The summed E-state index contributed by atoms with van der Waals surface area (Å²) in [5.41, 5.74) is 0.724. The van der Waals surface area contributed by atoms with Crippen molar-refractivity contribution in [3.63, 3.8) is 0 Å². The highest BCUT2D eigenvalue weighted by Gasteiger charge is 2.22. The number of amides is 1. The Morgan fingerprint density at radius 1 is 1.10 bits per heavy atom. The first kappa shape index (κ1) is 22.5. The number of piperidine rings is 1. The molecule has 1 fully saturated rings. The third kappa shape index (κ3) is 7.51. The van der Waals surface area contributed by atoms with E-state index < -0.39 is 0 Å². The summed E-state index contributed by atoms with van der Waals surface area (Å²) in [5, 5.41) is 6.14. The van der Waals surface area contributed by atoms with E-state index in [1.165, 1.54) is 6.92 Å². The van der Waals surface area contributed by atoms with Crippen molar-refractivity contribution in [2.45, 2.75) is 32.8 Å². The maximum Gasteiger partial charge on any atom is 0.221 e. The number of anilines is 1. The molecule has 0 bridgehead atoms. The molecule has 1 heterocycles. The third-order valence-corrected chi connectivity index (χ3v) is 4.90. The number of aliphatic imine (C=N–C) groups is 1. The monoisotopic (exact) mass is 424 g/mol. The van der Waals surface area contributed by atoms with E-state index in [-0.39, 0.29) is 12.0 Å². The van der Waals surface area contributed by atoms with Gasteiger partial charge in [-0.2, -0.15) is 0 Å². The minimum absolute atomic E-state index is 0.102. The number of rotatable bonds is 8. The Balaban J connectivity index is 1.46. The van der Waals surface area contributed by atoms with E-state index in [4.69, 9.17) is 14.5 Å². The first-order valence-electron chi connectivity index (χ1n) is 10.9. The average molecular weight is 425 g/mol. The van der Waals surface area contributed by atoms with Crippen LogP contribution in [0.15, 0.2) is 59.6 Å². The summed E-state index contributed by atoms with van der Waals surface area (Å²) in [4.78, 5) is 18.2. The van der Waals surface area contributed by atoms with Crippen molar-refractivity contribution in [3.8, 4) is 11.5 Å². The molecule has 1 aliphatic heterocycles.